The van der Waals surface area contributed by atoms with Gasteiger partial charge in [-0.25, -0.2) is 0 Å². The number of hydrogen-bond donors (Lipinski definition) is 4. The second-order valence-corrected chi connectivity index (χ2v) is 4.29. The molecule has 1 aliphatic heterocycles. The molecule has 1 saturated heterocycles. The normalized spacial score (nSPS) is 26.8. The van der Waals surface area contributed by atoms with Gasteiger partial charge in [-0.1, -0.05) is 0 Å². The molecule has 1 aliphatic rings. The Hall–Kier alpha value is -1.81. The Morgan fingerprint density at radius 2 is 2.33 bits per heavy atom. The lowest BCUT2D eigenvalue weighted by Crippen LogP contribution is -2.48. The fraction of sp³-hybridized carbons (Fsp3) is 0.417. The van der Waals surface area contributed by atoms with Gasteiger partial charge in [0.05, 0.1) is 18.2 Å². The summed E-state index contributed by atoms with van der Waals surface area (Å²) in [6.45, 7) is 0.170. The fourth-order valence-electron chi connectivity index (χ4n) is 1.87. The molecule has 1 aromatic rings. The standard InChI is InChI=1S/C12H14N2O4/c13-4-8-1-2-10(9(16)3-8)18-11-5-14-6-12(11,17)7-15/h1-3,11,14-17H,5-7H2/t11-,12+/m0/s1. The van der Waals surface area contributed by atoms with Crippen LogP contribution in [0.2, 0.25) is 0 Å². The third kappa shape index (κ3) is 2.24. The molecular formula is C12H14N2O4. The van der Waals surface area contributed by atoms with Crippen LogP contribution in [0.25, 0.3) is 0 Å². The molecule has 0 radical (unpaired) electrons. The molecule has 0 aromatic heterocycles. The number of β-amino-alcohol motifs (C(OH)–C–C–N with tert-alkyl or cyclic N) is 1. The minimum absolute atomic E-state index is 0.166. The van der Waals surface area contributed by atoms with Crippen LogP contribution in [-0.4, -0.2) is 46.7 Å². The zero-order valence-corrected chi connectivity index (χ0v) is 9.63. The van der Waals surface area contributed by atoms with Crippen LogP contribution in [0.1, 0.15) is 5.56 Å². The second kappa shape index (κ2) is 4.82. The molecule has 0 unspecified atom stereocenters. The highest BCUT2D eigenvalue weighted by Crippen LogP contribution is 2.30. The highest BCUT2D eigenvalue weighted by atomic mass is 16.5. The molecule has 18 heavy (non-hydrogen) atoms. The summed E-state index contributed by atoms with van der Waals surface area (Å²) in [6, 6.07) is 6.16. The van der Waals surface area contributed by atoms with Gasteiger partial charge in [-0.3, -0.25) is 0 Å². The van der Waals surface area contributed by atoms with Gasteiger partial charge in [-0.15, -0.1) is 0 Å². The number of rotatable bonds is 3. The highest BCUT2D eigenvalue weighted by molar-refractivity contribution is 5.46. The van der Waals surface area contributed by atoms with Gasteiger partial charge in [-0.05, 0) is 12.1 Å². The summed E-state index contributed by atoms with van der Waals surface area (Å²) in [7, 11) is 0. The van der Waals surface area contributed by atoms with Crippen LogP contribution in [0.3, 0.4) is 0 Å². The third-order valence-corrected chi connectivity index (χ3v) is 2.99. The maximum absolute atomic E-state index is 10.0. The van der Waals surface area contributed by atoms with Gasteiger partial charge in [0.2, 0.25) is 0 Å². The highest BCUT2D eigenvalue weighted by Gasteiger charge is 2.42. The molecule has 2 atom stereocenters. The number of benzene rings is 1. The molecule has 6 nitrogen and oxygen atoms in total. The van der Waals surface area contributed by atoms with E-state index in [-0.39, 0.29) is 18.0 Å². The smallest absolute Gasteiger partial charge is 0.161 e. The van der Waals surface area contributed by atoms with Crippen molar-refractivity contribution in [2.45, 2.75) is 11.7 Å². The molecule has 0 amide bonds. The van der Waals surface area contributed by atoms with E-state index in [4.69, 9.17) is 15.1 Å². The average Bonchev–Trinajstić information content (AvgIpc) is 2.74. The average molecular weight is 250 g/mol. The largest absolute Gasteiger partial charge is 0.504 e. The lowest BCUT2D eigenvalue weighted by molar-refractivity contribution is -0.0636. The number of phenolic OH excluding ortho intramolecular Hbond substituents is 1. The Kier molecular flexibility index (Phi) is 3.39. The number of nitriles is 1. The van der Waals surface area contributed by atoms with Gasteiger partial charge in [0, 0.05) is 19.2 Å². The lowest BCUT2D eigenvalue weighted by Gasteiger charge is -2.27. The summed E-state index contributed by atoms with van der Waals surface area (Å²) in [5.41, 5.74) is -1.04. The third-order valence-electron chi connectivity index (χ3n) is 2.99. The van der Waals surface area contributed by atoms with Gasteiger partial charge in [0.1, 0.15) is 11.7 Å². The van der Waals surface area contributed by atoms with E-state index in [2.05, 4.69) is 5.32 Å². The van der Waals surface area contributed by atoms with Crippen molar-refractivity contribution >= 4 is 0 Å². The monoisotopic (exact) mass is 250 g/mol. The first kappa shape index (κ1) is 12.6. The van der Waals surface area contributed by atoms with Crippen molar-refractivity contribution in [3.05, 3.63) is 23.8 Å². The second-order valence-electron chi connectivity index (χ2n) is 4.29. The van der Waals surface area contributed by atoms with Gasteiger partial charge >= 0.3 is 0 Å². The number of ether oxygens (including phenoxy) is 1. The fourth-order valence-corrected chi connectivity index (χ4v) is 1.87. The van der Waals surface area contributed by atoms with Crippen LogP contribution in [0.4, 0.5) is 0 Å². The molecule has 4 N–H and O–H groups in total. The van der Waals surface area contributed by atoms with Gasteiger partial charge in [0.15, 0.2) is 11.5 Å². The van der Waals surface area contributed by atoms with E-state index >= 15 is 0 Å². The van der Waals surface area contributed by atoms with Crippen molar-refractivity contribution in [2.24, 2.45) is 0 Å². The molecular weight excluding hydrogens is 236 g/mol. The minimum atomic E-state index is -1.36. The van der Waals surface area contributed by atoms with Crippen LogP contribution in [0.5, 0.6) is 11.5 Å². The summed E-state index contributed by atoms with van der Waals surface area (Å²) < 4.78 is 5.48. The van der Waals surface area contributed by atoms with Gasteiger partial charge in [0.25, 0.3) is 0 Å². The van der Waals surface area contributed by atoms with Crippen molar-refractivity contribution in [1.82, 2.24) is 5.32 Å². The Morgan fingerprint density at radius 3 is 2.94 bits per heavy atom. The Balaban J connectivity index is 2.17. The summed E-state index contributed by atoms with van der Waals surface area (Å²) in [6.07, 6.45) is -0.652. The minimum Gasteiger partial charge on any atom is -0.504 e. The van der Waals surface area contributed by atoms with E-state index in [0.29, 0.717) is 12.1 Å². The predicted octanol–water partition coefficient (Wildman–Crippen LogP) is -0.662. The van der Waals surface area contributed by atoms with E-state index < -0.39 is 18.3 Å². The number of aliphatic hydroxyl groups is 2. The summed E-state index contributed by atoms with van der Waals surface area (Å²) in [4.78, 5) is 0. The molecule has 0 bridgehead atoms. The van der Waals surface area contributed by atoms with Gasteiger partial charge < -0.3 is 25.4 Å². The van der Waals surface area contributed by atoms with Crippen LogP contribution < -0.4 is 10.1 Å². The van der Waals surface area contributed by atoms with E-state index in [9.17, 15) is 10.2 Å². The molecule has 0 saturated carbocycles. The van der Waals surface area contributed by atoms with Crippen molar-refractivity contribution in [3.63, 3.8) is 0 Å². The number of phenols is 1. The molecule has 0 spiro atoms. The van der Waals surface area contributed by atoms with E-state index in [1.54, 1.807) is 0 Å². The number of aromatic hydroxyl groups is 1. The molecule has 1 fully saturated rings. The first-order chi connectivity index (χ1) is 8.59. The van der Waals surface area contributed by atoms with Crippen molar-refractivity contribution in [3.8, 4) is 17.6 Å². The summed E-state index contributed by atoms with van der Waals surface area (Å²) >= 11 is 0. The van der Waals surface area contributed by atoms with Crippen LogP contribution in [0.15, 0.2) is 18.2 Å². The summed E-state index contributed by atoms with van der Waals surface area (Å²) in [5, 5.41) is 40.5. The van der Waals surface area contributed by atoms with E-state index in [0.717, 1.165) is 0 Å². The van der Waals surface area contributed by atoms with Crippen LogP contribution in [0, 0.1) is 11.3 Å². The SMILES string of the molecule is N#Cc1ccc(O[C@H]2CNC[C@@]2(O)CO)c(O)c1. The number of nitrogens with zero attached hydrogens (tertiary/aromatic N) is 1. The topological polar surface area (TPSA) is 106 Å². The van der Waals surface area contributed by atoms with Crippen molar-refractivity contribution in [2.75, 3.05) is 19.7 Å². The Morgan fingerprint density at radius 1 is 1.56 bits per heavy atom. The summed E-state index contributed by atoms with van der Waals surface area (Å²) in [5.74, 6) is 0.0100. The van der Waals surface area contributed by atoms with Gasteiger partial charge in [-0.2, -0.15) is 5.26 Å². The van der Waals surface area contributed by atoms with Crippen LogP contribution >= 0.6 is 0 Å². The molecule has 2 rings (SSSR count). The number of nitrogens with one attached hydrogen (secondary N) is 1. The Bertz CT molecular complexity index is 485. The van der Waals surface area contributed by atoms with E-state index in [1.807, 2.05) is 6.07 Å². The molecule has 0 aliphatic carbocycles. The Labute approximate surface area is 104 Å². The van der Waals surface area contributed by atoms with E-state index in [1.165, 1.54) is 18.2 Å². The lowest BCUT2D eigenvalue weighted by atomic mass is 10.0. The molecule has 1 heterocycles. The molecule has 6 heteroatoms. The number of hydrogen-bond acceptors (Lipinski definition) is 6. The van der Waals surface area contributed by atoms with Crippen molar-refractivity contribution < 1.29 is 20.1 Å². The predicted molar refractivity (Wildman–Crippen MR) is 62.1 cm³/mol. The number of aliphatic hydroxyl groups excluding tert-OH is 1. The zero-order chi connectivity index (χ0) is 13.2. The maximum Gasteiger partial charge on any atom is 0.161 e. The van der Waals surface area contributed by atoms with Crippen molar-refractivity contribution in [1.29, 1.82) is 5.26 Å². The molecule has 1 aromatic carbocycles. The zero-order valence-electron chi connectivity index (χ0n) is 9.63. The van der Waals surface area contributed by atoms with Crippen LogP contribution in [-0.2, 0) is 0 Å². The first-order valence-corrected chi connectivity index (χ1v) is 5.53. The maximum atomic E-state index is 10.0. The molecule has 96 valence electrons. The first-order valence-electron chi connectivity index (χ1n) is 5.53. The quantitative estimate of drug-likeness (QED) is 0.567.